The standard InChI is InChI=1S/C16H9Cl2FN2/c17-14-13(19)15(18)21-16(20-14)12-8-6-11(7-9-12)10-4-2-1-3-5-10/h1-9H. The van der Waals surface area contributed by atoms with Gasteiger partial charge in [-0.3, -0.25) is 0 Å². The summed E-state index contributed by atoms with van der Waals surface area (Å²) < 4.78 is 13.3. The number of hydrogen-bond donors (Lipinski definition) is 0. The molecule has 0 spiro atoms. The molecule has 0 bridgehead atoms. The SMILES string of the molecule is Fc1c(Cl)nc(-c2ccc(-c3ccccc3)cc2)nc1Cl. The molecule has 0 unspecified atom stereocenters. The van der Waals surface area contributed by atoms with E-state index in [0.717, 1.165) is 16.7 Å². The molecule has 0 saturated heterocycles. The summed E-state index contributed by atoms with van der Waals surface area (Å²) in [6.45, 7) is 0. The molecule has 0 fully saturated rings. The molecular weight excluding hydrogens is 310 g/mol. The van der Waals surface area contributed by atoms with E-state index in [1.165, 1.54) is 0 Å². The van der Waals surface area contributed by atoms with E-state index in [1.807, 2.05) is 54.6 Å². The Morgan fingerprint density at radius 3 is 1.71 bits per heavy atom. The molecule has 1 heterocycles. The average Bonchev–Trinajstić information content (AvgIpc) is 2.53. The lowest BCUT2D eigenvalue weighted by Gasteiger charge is -2.05. The predicted octanol–water partition coefficient (Wildman–Crippen LogP) is 5.26. The second kappa shape index (κ2) is 5.80. The van der Waals surface area contributed by atoms with E-state index >= 15 is 0 Å². The Balaban J connectivity index is 1.98. The highest BCUT2D eigenvalue weighted by atomic mass is 35.5. The molecule has 0 amide bonds. The number of aromatic nitrogens is 2. The molecule has 5 heteroatoms. The smallest absolute Gasteiger partial charge is 0.197 e. The van der Waals surface area contributed by atoms with Crippen LogP contribution in [0.5, 0.6) is 0 Å². The van der Waals surface area contributed by atoms with Crippen molar-refractivity contribution in [2.75, 3.05) is 0 Å². The Morgan fingerprint density at radius 2 is 1.14 bits per heavy atom. The predicted molar refractivity (Wildman–Crippen MR) is 82.9 cm³/mol. The maximum atomic E-state index is 13.3. The van der Waals surface area contributed by atoms with Crippen molar-refractivity contribution in [3.63, 3.8) is 0 Å². The van der Waals surface area contributed by atoms with Crippen LogP contribution in [0.15, 0.2) is 54.6 Å². The van der Waals surface area contributed by atoms with E-state index in [9.17, 15) is 4.39 Å². The summed E-state index contributed by atoms with van der Waals surface area (Å²) in [4.78, 5) is 7.80. The van der Waals surface area contributed by atoms with Crippen LogP contribution >= 0.6 is 23.2 Å². The molecule has 1 aromatic heterocycles. The van der Waals surface area contributed by atoms with Crippen molar-refractivity contribution in [1.82, 2.24) is 9.97 Å². The van der Waals surface area contributed by atoms with Gasteiger partial charge in [-0.25, -0.2) is 14.4 Å². The normalized spacial score (nSPS) is 10.6. The van der Waals surface area contributed by atoms with Gasteiger partial charge in [-0.1, -0.05) is 77.8 Å². The Kier molecular flexibility index (Phi) is 3.86. The van der Waals surface area contributed by atoms with Gasteiger partial charge in [-0.2, -0.15) is 0 Å². The van der Waals surface area contributed by atoms with E-state index in [2.05, 4.69) is 9.97 Å². The minimum atomic E-state index is -0.803. The van der Waals surface area contributed by atoms with Gasteiger partial charge in [-0.05, 0) is 11.1 Å². The van der Waals surface area contributed by atoms with Gasteiger partial charge in [0.25, 0.3) is 0 Å². The number of benzene rings is 2. The maximum Gasteiger partial charge on any atom is 0.197 e. The molecule has 0 atom stereocenters. The Hall–Kier alpha value is -1.97. The summed E-state index contributed by atoms with van der Waals surface area (Å²) in [5.74, 6) is -0.506. The second-order valence-electron chi connectivity index (χ2n) is 4.39. The van der Waals surface area contributed by atoms with Crippen LogP contribution in [0, 0.1) is 5.82 Å². The van der Waals surface area contributed by atoms with E-state index in [-0.39, 0.29) is 10.3 Å². The lowest BCUT2D eigenvalue weighted by molar-refractivity contribution is 0.615. The van der Waals surface area contributed by atoms with E-state index < -0.39 is 5.82 Å². The third-order valence-corrected chi connectivity index (χ3v) is 3.52. The van der Waals surface area contributed by atoms with E-state index in [1.54, 1.807) is 0 Å². The molecule has 2 aromatic carbocycles. The first-order valence-corrected chi connectivity index (χ1v) is 6.95. The van der Waals surface area contributed by atoms with Crippen LogP contribution in [0.4, 0.5) is 4.39 Å². The molecule has 0 saturated carbocycles. The van der Waals surface area contributed by atoms with E-state index in [4.69, 9.17) is 23.2 Å². The zero-order valence-corrected chi connectivity index (χ0v) is 12.2. The van der Waals surface area contributed by atoms with Crippen LogP contribution in [0.2, 0.25) is 10.3 Å². The first-order valence-electron chi connectivity index (χ1n) is 6.19. The molecule has 21 heavy (non-hydrogen) atoms. The number of hydrogen-bond acceptors (Lipinski definition) is 2. The van der Waals surface area contributed by atoms with Crippen molar-refractivity contribution in [3.05, 3.63) is 70.7 Å². The Morgan fingerprint density at radius 1 is 0.667 bits per heavy atom. The van der Waals surface area contributed by atoms with Crippen LogP contribution in [0.25, 0.3) is 22.5 Å². The minimum absolute atomic E-state index is 0.280. The summed E-state index contributed by atoms with van der Waals surface area (Å²) in [5, 5.41) is -0.561. The fraction of sp³-hybridized carbons (Fsp3) is 0. The quantitative estimate of drug-likeness (QED) is 0.602. The lowest BCUT2D eigenvalue weighted by atomic mass is 10.0. The van der Waals surface area contributed by atoms with Gasteiger partial charge in [0.2, 0.25) is 0 Å². The molecule has 0 radical (unpaired) electrons. The van der Waals surface area contributed by atoms with Gasteiger partial charge in [0, 0.05) is 5.56 Å². The molecule has 0 N–H and O–H groups in total. The second-order valence-corrected chi connectivity index (χ2v) is 5.10. The molecule has 2 nitrogen and oxygen atoms in total. The highest BCUT2D eigenvalue weighted by Crippen LogP contribution is 2.26. The largest absolute Gasteiger partial charge is 0.213 e. The third-order valence-electron chi connectivity index (χ3n) is 3.02. The number of halogens is 3. The lowest BCUT2D eigenvalue weighted by Crippen LogP contribution is -1.94. The fourth-order valence-corrected chi connectivity index (χ4v) is 2.35. The highest BCUT2D eigenvalue weighted by molar-refractivity contribution is 6.33. The summed E-state index contributed by atoms with van der Waals surface area (Å²) in [5.41, 5.74) is 2.90. The van der Waals surface area contributed by atoms with Gasteiger partial charge >= 0.3 is 0 Å². The van der Waals surface area contributed by atoms with Gasteiger partial charge in [-0.15, -0.1) is 0 Å². The monoisotopic (exact) mass is 318 g/mol. The van der Waals surface area contributed by atoms with Crippen LogP contribution in [0.3, 0.4) is 0 Å². The first-order chi connectivity index (χ1) is 10.1. The molecule has 0 aliphatic rings. The topological polar surface area (TPSA) is 25.8 Å². The van der Waals surface area contributed by atoms with Crippen molar-refractivity contribution in [2.45, 2.75) is 0 Å². The molecule has 3 rings (SSSR count). The highest BCUT2D eigenvalue weighted by Gasteiger charge is 2.12. The van der Waals surface area contributed by atoms with Crippen molar-refractivity contribution < 1.29 is 4.39 Å². The molecule has 104 valence electrons. The molecule has 3 aromatic rings. The minimum Gasteiger partial charge on any atom is -0.213 e. The Bertz CT molecular complexity index is 751. The fourth-order valence-electron chi connectivity index (χ4n) is 1.97. The number of rotatable bonds is 2. The number of nitrogens with zero attached hydrogens (tertiary/aromatic N) is 2. The molecule has 0 aliphatic heterocycles. The van der Waals surface area contributed by atoms with Crippen molar-refractivity contribution in [3.8, 4) is 22.5 Å². The van der Waals surface area contributed by atoms with Crippen molar-refractivity contribution >= 4 is 23.2 Å². The summed E-state index contributed by atoms with van der Waals surface area (Å²) in [6.07, 6.45) is 0. The van der Waals surface area contributed by atoms with Crippen molar-refractivity contribution in [1.29, 1.82) is 0 Å². The maximum absolute atomic E-state index is 13.3. The van der Waals surface area contributed by atoms with Crippen LogP contribution in [-0.4, -0.2) is 9.97 Å². The van der Waals surface area contributed by atoms with Crippen LogP contribution < -0.4 is 0 Å². The van der Waals surface area contributed by atoms with Crippen LogP contribution in [0.1, 0.15) is 0 Å². The molecule has 0 aliphatic carbocycles. The van der Waals surface area contributed by atoms with Crippen molar-refractivity contribution in [2.24, 2.45) is 0 Å². The van der Waals surface area contributed by atoms with Gasteiger partial charge in [0.1, 0.15) is 0 Å². The van der Waals surface area contributed by atoms with Gasteiger partial charge in [0.15, 0.2) is 21.9 Å². The Labute approximate surface area is 131 Å². The van der Waals surface area contributed by atoms with Gasteiger partial charge < -0.3 is 0 Å². The molecular formula is C16H9Cl2FN2. The summed E-state index contributed by atoms with van der Waals surface area (Å²) in [6, 6.07) is 17.6. The van der Waals surface area contributed by atoms with Crippen LogP contribution in [-0.2, 0) is 0 Å². The van der Waals surface area contributed by atoms with E-state index in [0.29, 0.717) is 5.82 Å². The third kappa shape index (κ3) is 2.89. The zero-order chi connectivity index (χ0) is 14.8. The van der Waals surface area contributed by atoms with Gasteiger partial charge in [0.05, 0.1) is 0 Å². The summed E-state index contributed by atoms with van der Waals surface area (Å²) in [7, 11) is 0. The average molecular weight is 319 g/mol. The first kappa shape index (κ1) is 14.0. The summed E-state index contributed by atoms with van der Waals surface area (Å²) >= 11 is 11.4. The zero-order valence-electron chi connectivity index (χ0n) is 10.7.